The van der Waals surface area contributed by atoms with Crippen molar-refractivity contribution in [3.8, 4) is 11.3 Å². The second-order valence-electron chi connectivity index (χ2n) is 9.22. The number of hydrogen-bond donors (Lipinski definition) is 2. The van der Waals surface area contributed by atoms with Crippen LogP contribution < -0.4 is 10.7 Å². The Labute approximate surface area is 195 Å². The molecule has 1 saturated carbocycles. The van der Waals surface area contributed by atoms with E-state index in [0.717, 1.165) is 41.8 Å². The van der Waals surface area contributed by atoms with Gasteiger partial charge in [0.1, 0.15) is 11.7 Å². The van der Waals surface area contributed by atoms with Gasteiger partial charge in [-0.25, -0.2) is 18.7 Å². The number of nitrogens with zero attached hydrogens (tertiary/aromatic N) is 7. The lowest BCUT2D eigenvalue weighted by molar-refractivity contribution is -0.110. The molecule has 3 aromatic heterocycles. The number of aryl methyl sites for hydroxylation is 1. The van der Waals surface area contributed by atoms with Crippen LogP contribution in [0.3, 0.4) is 0 Å². The summed E-state index contributed by atoms with van der Waals surface area (Å²) in [7, 11) is 1.83. The third-order valence-corrected chi connectivity index (χ3v) is 7.13. The molecule has 9 nitrogen and oxygen atoms in total. The third kappa shape index (κ3) is 2.95. The predicted molar refractivity (Wildman–Crippen MR) is 124 cm³/mol. The molecule has 34 heavy (non-hydrogen) atoms. The van der Waals surface area contributed by atoms with Crippen LogP contribution in [-0.4, -0.2) is 41.0 Å². The smallest absolute Gasteiger partial charge is 0.257 e. The van der Waals surface area contributed by atoms with Crippen LogP contribution in [-0.2, 0) is 7.05 Å². The molecular formula is C23H25F2N9. The van der Waals surface area contributed by atoms with E-state index in [1.807, 2.05) is 54.0 Å². The molecule has 0 saturated heterocycles. The van der Waals surface area contributed by atoms with Gasteiger partial charge in [0.15, 0.2) is 6.17 Å². The normalized spacial score (nSPS) is 20.6. The SMILES string of the molecule is CC1=Cn2cc(-c3ccnc(Nc4ccnn4C)n3)cc2C2NN=C(C3(C(C)(F)F)CCC3)N12. The summed E-state index contributed by atoms with van der Waals surface area (Å²) in [6.07, 6.45) is 8.65. The standard InChI is InChI=1S/C23H25F2N9/c1-14-12-33-13-15(16-5-9-26-21(28-16)29-18-6-10-27-32(18)3)11-17(33)19-30-31-20(34(14)19)23(7-4-8-23)22(2,24)25/h5-6,9-13,19,30H,4,7-8H2,1-3H3,(H,26,28,29). The molecule has 0 amide bonds. The lowest BCUT2D eigenvalue weighted by Gasteiger charge is -2.48. The molecule has 2 N–H and O–H groups in total. The average Bonchev–Trinajstić information content (AvgIpc) is 3.46. The fourth-order valence-corrected chi connectivity index (χ4v) is 5.07. The molecule has 1 atom stereocenters. The van der Waals surface area contributed by atoms with E-state index < -0.39 is 11.3 Å². The molecule has 0 bridgehead atoms. The van der Waals surface area contributed by atoms with Gasteiger partial charge in [-0.05, 0) is 31.9 Å². The zero-order valence-corrected chi connectivity index (χ0v) is 19.1. The highest BCUT2D eigenvalue weighted by molar-refractivity contribution is 5.93. The van der Waals surface area contributed by atoms with Gasteiger partial charge < -0.3 is 14.8 Å². The molecule has 2 aliphatic heterocycles. The average molecular weight is 466 g/mol. The van der Waals surface area contributed by atoms with Gasteiger partial charge in [-0.1, -0.05) is 6.42 Å². The van der Waals surface area contributed by atoms with Crippen molar-refractivity contribution in [2.45, 2.75) is 45.2 Å². The third-order valence-electron chi connectivity index (χ3n) is 7.13. The Morgan fingerprint density at radius 3 is 2.74 bits per heavy atom. The number of rotatable bonds is 5. The number of fused-ring (bicyclic) bond motifs is 3. The molecule has 0 radical (unpaired) electrons. The lowest BCUT2D eigenvalue weighted by atomic mass is 9.63. The first kappa shape index (κ1) is 20.8. The molecule has 1 fully saturated rings. The Morgan fingerprint density at radius 2 is 2.06 bits per heavy atom. The van der Waals surface area contributed by atoms with Crippen LogP contribution in [0.25, 0.3) is 17.5 Å². The van der Waals surface area contributed by atoms with Gasteiger partial charge in [0, 0.05) is 49.9 Å². The molecule has 3 aliphatic rings. The maximum absolute atomic E-state index is 14.7. The van der Waals surface area contributed by atoms with Crippen molar-refractivity contribution in [2.75, 3.05) is 5.32 Å². The van der Waals surface area contributed by atoms with E-state index in [9.17, 15) is 8.78 Å². The fourth-order valence-electron chi connectivity index (χ4n) is 5.07. The molecule has 11 heteroatoms. The lowest BCUT2D eigenvalue weighted by Crippen LogP contribution is -2.55. The molecular weight excluding hydrogens is 440 g/mol. The first-order valence-electron chi connectivity index (χ1n) is 11.3. The number of hydrogen-bond acceptors (Lipinski definition) is 7. The molecule has 3 aromatic rings. The largest absolute Gasteiger partial charge is 0.321 e. The molecule has 5 heterocycles. The Morgan fingerprint density at radius 1 is 1.24 bits per heavy atom. The Kier molecular flexibility index (Phi) is 4.36. The minimum absolute atomic E-state index is 0.345. The van der Waals surface area contributed by atoms with Crippen molar-refractivity contribution in [1.29, 1.82) is 0 Å². The quantitative estimate of drug-likeness (QED) is 0.584. The number of hydrazone groups is 1. The molecule has 0 spiro atoms. The van der Waals surface area contributed by atoms with Crippen LogP contribution in [0.1, 0.15) is 45.0 Å². The van der Waals surface area contributed by atoms with E-state index in [2.05, 4.69) is 30.9 Å². The van der Waals surface area contributed by atoms with E-state index in [1.54, 1.807) is 17.1 Å². The minimum atomic E-state index is -2.84. The highest BCUT2D eigenvalue weighted by Crippen LogP contribution is 2.56. The van der Waals surface area contributed by atoms with Gasteiger partial charge in [0.05, 0.1) is 23.0 Å². The van der Waals surface area contributed by atoms with E-state index in [1.165, 1.54) is 0 Å². The van der Waals surface area contributed by atoms with E-state index in [-0.39, 0.29) is 6.17 Å². The van der Waals surface area contributed by atoms with E-state index in [0.29, 0.717) is 24.6 Å². The number of halogens is 2. The van der Waals surface area contributed by atoms with Crippen molar-refractivity contribution in [3.05, 3.63) is 48.2 Å². The van der Waals surface area contributed by atoms with Crippen LogP contribution >= 0.6 is 0 Å². The summed E-state index contributed by atoms with van der Waals surface area (Å²) in [6, 6.07) is 5.70. The summed E-state index contributed by atoms with van der Waals surface area (Å²) in [4.78, 5) is 10.9. The second kappa shape index (κ2) is 7.12. The van der Waals surface area contributed by atoms with Crippen LogP contribution in [0.5, 0.6) is 0 Å². The molecule has 6 rings (SSSR count). The molecule has 1 aliphatic carbocycles. The predicted octanol–water partition coefficient (Wildman–Crippen LogP) is 4.30. The Balaban J connectivity index is 1.32. The van der Waals surface area contributed by atoms with Crippen LogP contribution in [0.15, 0.2) is 47.6 Å². The van der Waals surface area contributed by atoms with E-state index >= 15 is 0 Å². The van der Waals surface area contributed by atoms with Crippen molar-refractivity contribution in [2.24, 2.45) is 17.6 Å². The zero-order chi connectivity index (χ0) is 23.7. The summed E-state index contributed by atoms with van der Waals surface area (Å²) >= 11 is 0. The minimum Gasteiger partial charge on any atom is -0.321 e. The van der Waals surface area contributed by atoms with Crippen molar-refractivity contribution in [3.63, 3.8) is 0 Å². The summed E-state index contributed by atoms with van der Waals surface area (Å²) in [5, 5.41) is 11.8. The van der Waals surface area contributed by atoms with Crippen LogP contribution in [0.4, 0.5) is 20.5 Å². The number of amidine groups is 1. The van der Waals surface area contributed by atoms with Gasteiger partial charge >= 0.3 is 0 Å². The van der Waals surface area contributed by atoms with Gasteiger partial charge in [0.2, 0.25) is 5.95 Å². The van der Waals surface area contributed by atoms with Crippen molar-refractivity contribution < 1.29 is 8.78 Å². The fraction of sp³-hybridized carbons (Fsp3) is 0.391. The molecule has 0 aromatic carbocycles. The van der Waals surface area contributed by atoms with Crippen molar-refractivity contribution in [1.82, 2.24) is 34.6 Å². The van der Waals surface area contributed by atoms with E-state index in [4.69, 9.17) is 0 Å². The topological polar surface area (TPSA) is 88.2 Å². The number of alkyl halides is 2. The number of anilines is 2. The van der Waals surface area contributed by atoms with Gasteiger partial charge in [0.25, 0.3) is 5.92 Å². The highest BCUT2D eigenvalue weighted by Gasteiger charge is 2.61. The summed E-state index contributed by atoms with van der Waals surface area (Å²) in [5.41, 5.74) is 5.31. The van der Waals surface area contributed by atoms with Gasteiger partial charge in [-0.2, -0.15) is 10.2 Å². The van der Waals surface area contributed by atoms with Gasteiger partial charge in [-0.15, -0.1) is 0 Å². The summed E-state index contributed by atoms with van der Waals surface area (Å²) < 4.78 is 33.1. The monoisotopic (exact) mass is 465 g/mol. The molecule has 1 unspecified atom stereocenters. The zero-order valence-electron chi connectivity index (χ0n) is 19.1. The maximum atomic E-state index is 14.7. The number of aromatic nitrogens is 5. The summed E-state index contributed by atoms with van der Waals surface area (Å²) in [5.74, 6) is -1.17. The second-order valence-corrected chi connectivity index (χ2v) is 9.22. The first-order valence-corrected chi connectivity index (χ1v) is 11.3. The Hall–Kier alpha value is -3.76. The maximum Gasteiger partial charge on any atom is 0.257 e. The van der Waals surface area contributed by atoms with Crippen LogP contribution in [0, 0.1) is 5.41 Å². The van der Waals surface area contributed by atoms with Crippen LogP contribution in [0.2, 0.25) is 0 Å². The first-order chi connectivity index (χ1) is 16.3. The molecule has 176 valence electrons. The Bertz CT molecular complexity index is 1330. The van der Waals surface area contributed by atoms with Crippen molar-refractivity contribution >= 4 is 23.8 Å². The highest BCUT2D eigenvalue weighted by atomic mass is 19.3. The number of nitrogens with one attached hydrogen (secondary N) is 2. The number of allylic oxidation sites excluding steroid dienone is 1. The van der Waals surface area contributed by atoms with Gasteiger partial charge in [-0.3, -0.25) is 10.1 Å². The summed E-state index contributed by atoms with van der Waals surface area (Å²) in [6.45, 7) is 2.94.